The van der Waals surface area contributed by atoms with E-state index in [1.807, 2.05) is 6.92 Å². The van der Waals surface area contributed by atoms with E-state index in [9.17, 15) is 4.79 Å². The van der Waals surface area contributed by atoms with E-state index in [1.54, 1.807) is 11.6 Å². The molecule has 0 rings (SSSR count). The molecule has 0 unspecified atom stereocenters. The Hall–Kier alpha value is -1.55. The number of unbranched alkanes of at least 4 members (excludes halogenated alkanes) is 28. The minimum Gasteiger partial charge on any atom is -0.516 e. The molecule has 0 radical (unpaired) electrons. The van der Waals surface area contributed by atoms with Crippen molar-refractivity contribution in [3.8, 4) is 12.5 Å². The highest BCUT2D eigenvalue weighted by atomic mass is 16.5. The van der Waals surface area contributed by atoms with Gasteiger partial charge in [-0.25, -0.2) is 5.48 Å². The first-order valence-corrected chi connectivity index (χ1v) is 24.9. The summed E-state index contributed by atoms with van der Waals surface area (Å²) in [6.07, 6.45) is 60.7. The molecule has 0 aromatic heterocycles. The molecular weight excluding hydrogens is 705 g/mol. The van der Waals surface area contributed by atoms with Crippen LogP contribution >= 0.6 is 0 Å². The Morgan fingerprint density at radius 3 is 1.04 bits per heavy atom. The van der Waals surface area contributed by atoms with Crippen LogP contribution in [-0.4, -0.2) is 53.3 Å². The Labute approximate surface area is 358 Å². The summed E-state index contributed by atoms with van der Waals surface area (Å²) in [4.78, 5) is 13.6. The zero-order chi connectivity index (χ0) is 43.0. The molecule has 342 valence electrons. The van der Waals surface area contributed by atoms with Crippen LogP contribution in [-0.2, 0) is 4.79 Å². The Bertz CT molecular complexity index is 725. The summed E-state index contributed by atoms with van der Waals surface area (Å²) in [6, 6.07) is 0. The van der Waals surface area contributed by atoms with E-state index in [1.165, 1.54) is 245 Å². The number of carbonyl (C=O) groups is 1. The van der Waals surface area contributed by atoms with Gasteiger partial charge in [0.05, 0.1) is 6.26 Å². The summed E-state index contributed by atoms with van der Waals surface area (Å²) < 4.78 is 0. The van der Waals surface area contributed by atoms with Gasteiger partial charge < -0.3 is 25.1 Å². The van der Waals surface area contributed by atoms with Gasteiger partial charge >= 0.3 is 0 Å². The number of nitrogens with one attached hydrogen (secondary N) is 1. The summed E-state index contributed by atoms with van der Waals surface area (Å²) in [7, 11) is 1.43. The molecule has 57 heavy (non-hydrogen) atoms. The van der Waals surface area contributed by atoms with Gasteiger partial charge in [0, 0.05) is 13.5 Å². The Kier molecular flexibility index (Phi) is 69.3. The van der Waals surface area contributed by atoms with Crippen molar-refractivity contribution in [2.75, 3.05) is 26.7 Å². The summed E-state index contributed by atoms with van der Waals surface area (Å²) >= 11 is 0. The van der Waals surface area contributed by atoms with E-state index in [-0.39, 0.29) is 0 Å². The summed E-state index contributed by atoms with van der Waals surface area (Å²) in [5.74, 6) is 0.996. The quantitative estimate of drug-likeness (QED) is 0.0161. The van der Waals surface area contributed by atoms with Crippen molar-refractivity contribution in [1.29, 1.82) is 0 Å². The van der Waals surface area contributed by atoms with Crippen molar-refractivity contribution in [3.05, 3.63) is 12.3 Å². The lowest BCUT2D eigenvalue weighted by Gasteiger charge is -2.22. The highest BCUT2D eigenvalue weighted by Crippen LogP contribution is 2.25. The molecule has 0 heterocycles. The van der Waals surface area contributed by atoms with E-state index in [4.69, 9.17) is 15.4 Å². The van der Waals surface area contributed by atoms with Crippen LogP contribution in [0, 0.1) is 18.4 Å². The minimum atomic E-state index is 0.730. The second-order valence-electron chi connectivity index (χ2n) is 16.4. The molecule has 0 spiro atoms. The fourth-order valence-electron chi connectivity index (χ4n) is 7.53. The van der Waals surface area contributed by atoms with Gasteiger partial charge in [-0.1, -0.05) is 246 Å². The van der Waals surface area contributed by atoms with Crippen LogP contribution in [0.15, 0.2) is 12.3 Å². The number of terminal acetylenes is 1. The zero-order valence-corrected chi connectivity index (χ0v) is 39.4. The zero-order valence-electron chi connectivity index (χ0n) is 39.4. The number of hydrogen-bond acceptors (Lipinski definition) is 6. The molecule has 6 nitrogen and oxygen atoms in total. The molecule has 0 bridgehead atoms. The fourth-order valence-corrected chi connectivity index (χ4v) is 7.53. The van der Waals surface area contributed by atoms with Gasteiger partial charge in [-0.15, -0.1) is 0 Å². The van der Waals surface area contributed by atoms with Gasteiger partial charge in [-0.2, -0.15) is 0 Å². The van der Waals surface area contributed by atoms with Crippen LogP contribution < -0.4 is 5.48 Å². The van der Waals surface area contributed by atoms with E-state index in [0.29, 0.717) is 0 Å². The first kappa shape index (κ1) is 62.1. The topological polar surface area (TPSA) is 93.0 Å². The first-order valence-electron chi connectivity index (χ1n) is 24.9. The highest BCUT2D eigenvalue weighted by molar-refractivity contribution is 5.49. The maximum absolute atomic E-state index is 10.9. The van der Waals surface area contributed by atoms with Gasteiger partial charge in [0.1, 0.15) is 12.4 Å². The number of nitrogens with zero attached hydrogens (tertiary/aromatic N) is 1. The van der Waals surface area contributed by atoms with Crippen LogP contribution in [0.2, 0.25) is 0 Å². The van der Waals surface area contributed by atoms with Crippen molar-refractivity contribution in [2.45, 2.75) is 265 Å². The standard InChI is InChI=1S/C44H89NO.C4H8O.C2H2O.CH5NO/c1-4-7-10-13-16-17-18-19-20-21-22-23-28-33-40-45(42-35-36-43-46)41-34-29-24-27-32-39-44(37-30-25-14-11-8-5-2)38-31-26-15-12-9-6-3;1-2-3-4-5;2*1-2-3/h43-44H,4-42H2,1-3H3;3-5H,2H2,1H3;1,3H;2-3H,1H3. The van der Waals surface area contributed by atoms with Crippen molar-refractivity contribution in [2.24, 2.45) is 5.92 Å². The number of hydroxylamine groups is 1. The van der Waals surface area contributed by atoms with Crippen molar-refractivity contribution >= 4 is 6.29 Å². The molecule has 0 saturated heterocycles. The van der Waals surface area contributed by atoms with Crippen molar-refractivity contribution in [3.63, 3.8) is 0 Å². The highest BCUT2D eigenvalue weighted by Gasteiger charge is 2.09. The summed E-state index contributed by atoms with van der Waals surface area (Å²) in [6.45, 7) is 12.5. The van der Waals surface area contributed by atoms with E-state index >= 15 is 0 Å². The molecule has 0 atom stereocenters. The molecule has 0 saturated carbocycles. The maximum atomic E-state index is 10.9. The van der Waals surface area contributed by atoms with Gasteiger partial charge in [0.2, 0.25) is 0 Å². The Morgan fingerprint density at radius 2 is 0.789 bits per heavy atom. The second kappa shape index (κ2) is 63.6. The van der Waals surface area contributed by atoms with Gasteiger partial charge in [-0.3, -0.25) is 0 Å². The maximum Gasteiger partial charge on any atom is 0.120 e. The average Bonchev–Trinajstić information content (AvgIpc) is 3.20. The number of aliphatic hydroxyl groups excluding tert-OH is 2. The molecule has 0 aliphatic heterocycles. The lowest BCUT2D eigenvalue weighted by molar-refractivity contribution is -0.108. The summed E-state index contributed by atoms with van der Waals surface area (Å²) in [5, 5.41) is 22.3. The molecule has 0 aliphatic carbocycles. The molecule has 0 aliphatic rings. The molecule has 0 aromatic rings. The smallest absolute Gasteiger partial charge is 0.120 e. The van der Waals surface area contributed by atoms with Crippen LogP contribution in [0.25, 0.3) is 0 Å². The molecule has 0 amide bonds. The third-order valence-electron chi connectivity index (χ3n) is 11.0. The Morgan fingerprint density at radius 1 is 0.526 bits per heavy atom. The van der Waals surface area contributed by atoms with Gasteiger partial charge in [0.15, 0.2) is 0 Å². The lowest BCUT2D eigenvalue weighted by Crippen LogP contribution is -2.27. The number of rotatable bonds is 42. The number of aldehydes is 1. The van der Waals surface area contributed by atoms with Gasteiger partial charge in [0.25, 0.3) is 0 Å². The normalized spacial score (nSPS) is 10.8. The monoisotopic (exact) mass is 809 g/mol. The molecule has 0 fully saturated rings. The largest absolute Gasteiger partial charge is 0.516 e. The fraction of sp³-hybridized carbons (Fsp3) is 0.902. The van der Waals surface area contributed by atoms with Gasteiger partial charge in [-0.05, 0) is 51.2 Å². The molecule has 6 heteroatoms. The van der Waals surface area contributed by atoms with Crippen LogP contribution in [0.1, 0.15) is 265 Å². The average molecular weight is 809 g/mol. The van der Waals surface area contributed by atoms with Crippen LogP contribution in [0.5, 0.6) is 0 Å². The van der Waals surface area contributed by atoms with E-state index in [0.717, 1.165) is 44.3 Å². The molecule has 0 aromatic carbocycles. The number of aliphatic hydroxyl groups is 2. The van der Waals surface area contributed by atoms with Crippen molar-refractivity contribution in [1.82, 2.24) is 10.4 Å². The molecule has 4 N–H and O–H groups in total. The number of hydrogen-bond donors (Lipinski definition) is 4. The van der Waals surface area contributed by atoms with Crippen LogP contribution in [0.3, 0.4) is 0 Å². The predicted octanol–water partition coefficient (Wildman–Crippen LogP) is 16.2. The lowest BCUT2D eigenvalue weighted by atomic mass is 9.89. The third kappa shape index (κ3) is 66.5. The second-order valence-corrected chi connectivity index (χ2v) is 16.4. The SMILES string of the molecule is C#CO.CCC=CO.CCCCCCCCCCCCCCCCN(CCCC=O)CCCCCCCC(CCCCCCCC)CCCCCCCC.CNO. The summed E-state index contributed by atoms with van der Waals surface area (Å²) in [5.41, 5.74) is 1.75. The van der Waals surface area contributed by atoms with E-state index in [2.05, 4.69) is 32.1 Å². The Balaban J connectivity index is -0.00000112. The number of carbonyl (C=O) groups excluding carboxylic acids is 1. The minimum absolute atomic E-state index is 0.730. The van der Waals surface area contributed by atoms with E-state index < -0.39 is 0 Å². The van der Waals surface area contributed by atoms with Crippen molar-refractivity contribution < 1.29 is 20.2 Å². The molecular formula is C51H104N2O4. The first-order chi connectivity index (χ1) is 28.0. The predicted molar refractivity (Wildman–Crippen MR) is 253 cm³/mol. The third-order valence-corrected chi connectivity index (χ3v) is 11.0. The number of allylic oxidation sites excluding steroid dienone is 1. The van der Waals surface area contributed by atoms with Crippen LogP contribution in [0.4, 0.5) is 0 Å².